The van der Waals surface area contributed by atoms with Crippen LogP contribution in [0.4, 0.5) is 0 Å². The van der Waals surface area contributed by atoms with Crippen LogP contribution >= 0.6 is 0 Å². The Morgan fingerprint density at radius 3 is 1.07 bits per heavy atom. The fourth-order valence-corrected chi connectivity index (χ4v) is 4.31. The van der Waals surface area contributed by atoms with E-state index in [9.17, 15) is 10.5 Å². The molecule has 0 amide bonds. The highest BCUT2D eigenvalue weighted by Gasteiger charge is 2.24. The van der Waals surface area contributed by atoms with Gasteiger partial charge < -0.3 is 28.4 Å². The summed E-state index contributed by atoms with van der Waals surface area (Å²) < 4.78 is 35.2. The molecule has 0 aliphatic carbocycles. The van der Waals surface area contributed by atoms with Crippen LogP contribution in [0.15, 0.2) is 24.3 Å². The quantitative estimate of drug-likeness (QED) is 0.160. The Balaban J connectivity index is 2.22. The lowest BCUT2D eigenvalue weighted by atomic mass is 10.1. The molecule has 10 nitrogen and oxygen atoms in total. The third-order valence-electron chi connectivity index (χ3n) is 5.99. The standard InChI is InChI=1S/C36H30N4O6/c1-7-11-41-21-27-15-25(5)16-28(22-42-12-8-2)33(27)45-35-36(40-32(20-38)31(19-37)39-35)46-34-29(23-43-13-9-3)17-26(6)18-30(34)24-44-14-10-4/h1-4,15-18H,11-14,21-24H2,5-6H3. The summed E-state index contributed by atoms with van der Waals surface area (Å²) in [6, 6.07) is 11.2. The largest absolute Gasteiger partial charge is 0.434 e. The minimum absolute atomic E-state index is 0.0579. The van der Waals surface area contributed by atoms with Crippen molar-refractivity contribution in [3.8, 4) is 84.8 Å². The van der Waals surface area contributed by atoms with Gasteiger partial charge in [-0.05, 0) is 13.8 Å². The van der Waals surface area contributed by atoms with Crippen LogP contribution in [0.5, 0.6) is 23.3 Å². The van der Waals surface area contributed by atoms with Crippen molar-refractivity contribution >= 4 is 0 Å². The number of benzene rings is 2. The van der Waals surface area contributed by atoms with E-state index in [1.807, 2.05) is 50.3 Å². The average molecular weight is 615 g/mol. The molecule has 1 aromatic heterocycles. The summed E-state index contributed by atoms with van der Waals surface area (Å²) in [5.41, 5.74) is 3.65. The molecule has 0 spiro atoms. The van der Waals surface area contributed by atoms with Crippen molar-refractivity contribution in [3.63, 3.8) is 0 Å². The molecular formula is C36H30N4O6. The first-order valence-corrected chi connectivity index (χ1v) is 13.8. The SMILES string of the molecule is C#CCOCc1cc(C)cc(COCC#C)c1Oc1nc(C#N)c(C#N)nc1Oc1c(COCC#C)cc(C)cc1COCC#C. The lowest BCUT2D eigenvalue weighted by molar-refractivity contribution is 0.144. The van der Waals surface area contributed by atoms with E-state index < -0.39 is 0 Å². The Morgan fingerprint density at radius 1 is 0.543 bits per heavy atom. The van der Waals surface area contributed by atoms with E-state index >= 15 is 0 Å². The van der Waals surface area contributed by atoms with E-state index in [1.165, 1.54) is 0 Å². The Hall–Kier alpha value is -5.82. The monoisotopic (exact) mass is 614 g/mol. The van der Waals surface area contributed by atoms with Crippen LogP contribution in [-0.4, -0.2) is 36.4 Å². The highest BCUT2D eigenvalue weighted by atomic mass is 16.5. The molecule has 2 aromatic carbocycles. The number of terminal acetylenes is 4. The first-order chi connectivity index (χ1) is 22.4. The number of nitrogens with zero attached hydrogens (tertiary/aromatic N) is 4. The van der Waals surface area contributed by atoms with Gasteiger partial charge in [-0.3, -0.25) is 0 Å². The number of hydrogen-bond donors (Lipinski definition) is 0. The summed E-state index contributed by atoms with van der Waals surface area (Å²) in [5.74, 6) is 9.91. The summed E-state index contributed by atoms with van der Waals surface area (Å²) in [6.45, 7) is 4.36. The Morgan fingerprint density at radius 2 is 0.826 bits per heavy atom. The van der Waals surface area contributed by atoms with E-state index in [0.29, 0.717) is 33.8 Å². The zero-order valence-electron chi connectivity index (χ0n) is 25.5. The lowest BCUT2D eigenvalue weighted by Gasteiger charge is -2.20. The van der Waals surface area contributed by atoms with Crippen molar-refractivity contribution in [1.82, 2.24) is 9.97 Å². The third kappa shape index (κ3) is 9.59. The Labute approximate surface area is 269 Å². The molecule has 0 fully saturated rings. The van der Waals surface area contributed by atoms with E-state index in [0.717, 1.165) is 11.1 Å². The normalized spacial score (nSPS) is 10.0. The molecule has 0 saturated carbocycles. The predicted octanol–water partition coefficient (Wildman–Crippen LogP) is 5.02. The van der Waals surface area contributed by atoms with Gasteiger partial charge >= 0.3 is 0 Å². The number of rotatable bonds is 16. The molecule has 0 aliphatic rings. The van der Waals surface area contributed by atoms with Crippen molar-refractivity contribution in [2.24, 2.45) is 0 Å². The maximum atomic E-state index is 9.77. The molecule has 0 atom stereocenters. The molecule has 10 heteroatoms. The number of ether oxygens (including phenoxy) is 6. The molecule has 46 heavy (non-hydrogen) atoms. The molecule has 0 unspecified atom stereocenters. The van der Waals surface area contributed by atoms with Gasteiger partial charge in [0.05, 0.1) is 26.4 Å². The van der Waals surface area contributed by atoms with Crippen LogP contribution in [-0.2, 0) is 45.4 Å². The van der Waals surface area contributed by atoms with Gasteiger partial charge in [-0.2, -0.15) is 20.5 Å². The molecule has 3 aromatic rings. The maximum Gasteiger partial charge on any atom is 0.285 e. The maximum absolute atomic E-state index is 9.77. The summed E-state index contributed by atoms with van der Waals surface area (Å²) in [6.07, 6.45) is 21.5. The van der Waals surface area contributed by atoms with Crippen molar-refractivity contribution in [1.29, 1.82) is 10.5 Å². The predicted molar refractivity (Wildman–Crippen MR) is 168 cm³/mol. The molecule has 1 heterocycles. The van der Waals surface area contributed by atoms with E-state index in [4.69, 9.17) is 54.1 Å². The van der Waals surface area contributed by atoms with Crippen molar-refractivity contribution in [3.05, 3.63) is 69.0 Å². The third-order valence-corrected chi connectivity index (χ3v) is 5.99. The highest BCUT2D eigenvalue weighted by Crippen LogP contribution is 2.39. The van der Waals surface area contributed by atoms with Gasteiger partial charge in [0.25, 0.3) is 11.8 Å². The Bertz CT molecular complexity index is 1590. The first kappa shape index (κ1) is 34.7. The van der Waals surface area contributed by atoms with Gasteiger partial charge in [-0.15, -0.1) is 25.7 Å². The fraction of sp³-hybridized carbons (Fsp3) is 0.278. The van der Waals surface area contributed by atoms with Gasteiger partial charge in [0.2, 0.25) is 0 Å². The van der Waals surface area contributed by atoms with E-state index in [-0.39, 0.29) is 76.0 Å². The summed E-state index contributed by atoms with van der Waals surface area (Å²) in [7, 11) is 0. The summed E-state index contributed by atoms with van der Waals surface area (Å²) in [5, 5.41) is 19.5. The number of hydrogen-bond acceptors (Lipinski definition) is 10. The fourth-order valence-electron chi connectivity index (χ4n) is 4.31. The molecule has 230 valence electrons. The van der Waals surface area contributed by atoms with Crippen molar-refractivity contribution in [2.75, 3.05) is 26.4 Å². The summed E-state index contributed by atoms with van der Waals surface area (Å²) >= 11 is 0. The molecule has 0 bridgehead atoms. The molecule has 0 radical (unpaired) electrons. The van der Waals surface area contributed by atoms with Gasteiger partial charge in [0.1, 0.15) is 50.1 Å². The zero-order valence-corrected chi connectivity index (χ0v) is 25.5. The smallest absolute Gasteiger partial charge is 0.285 e. The Kier molecular flexibility index (Phi) is 13.6. The van der Waals surface area contributed by atoms with Crippen LogP contribution in [0.25, 0.3) is 0 Å². The molecule has 3 rings (SSSR count). The van der Waals surface area contributed by atoms with Gasteiger partial charge in [-0.25, -0.2) is 0 Å². The number of aromatic nitrogens is 2. The minimum Gasteiger partial charge on any atom is -0.434 e. The van der Waals surface area contributed by atoms with E-state index in [2.05, 4.69) is 33.6 Å². The molecular weight excluding hydrogens is 584 g/mol. The van der Waals surface area contributed by atoms with Crippen LogP contribution in [0.1, 0.15) is 44.8 Å². The van der Waals surface area contributed by atoms with Gasteiger partial charge in [0.15, 0.2) is 11.4 Å². The number of aryl methyl sites for hydroxylation is 2. The number of nitriles is 2. The first-order valence-electron chi connectivity index (χ1n) is 13.8. The van der Waals surface area contributed by atoms with Crippen molar-refractivity contribution in [2.45, 2.75) is 40.3 Å². The van der Waals surface area contributed by atoms with Crippen LogP contribution in [0, 0.1) is 85.9 Å². The molecule has 0 aliphatic heterocycles. The van der Waals surface area contributed by atoms with Gasteiger partial charge in [0, 0.05) is 22.3 Å². The second-order valence-electron chi connectivity index (χ2n) is 9.57. The topological polar surface area (TPSA) is 129 Å². The van der Waals surface area contributed by atoms with Crippen LogP contribution in [0.3, 0.4) is 0 Å². The molecule has 0 N–H and O–H groups in total. The lowest BCUT2D eigenvalue weighted by Crippen LogP contribution is -2.08. The van der Waals surface area contributed by atoms with Crippen LogP contribution < -0.4 is 9.47 Å². The van der Waals surface area contributed by atoms with Crippen LogP contribution in [0.2, 0.25) is 0 Å². The second-order valence-corrected chi connectivity index (χ2v) is 9.57. The average Bonchev–Trinajstić information content (AvgIpc) is 3.04. The summed E-state index contributed by atoms with van der Waals surface area (Å²) in [4.78, 5) is 8.65. The highest BCUT2D eigenvalue weighted by molar-refractivity contribution is 5.51. The second kappa shape index (κ2) is 18.1. The van der Waals surface area contributed by atoms with E-state index in [1.54, 1.807) is 0 Å². The minimum atomic E-state index is -0.272. The van der Waals surface area contributed by atoms with Crippen molar-refractivity contribution < 1.29 is 28.4 Å². The molecule has 0 saturated heterocycles. The zero-order chi connectivity index (χ0) is 33.3. The van der Waals surface area contributed by atoms with Gasteiger partial charge in [-0.1, -0.05) is 59.1 Å².